The Labute approximate surface area is 58.8 Å². The summed E-state index contributed by atoms with van der Waals surface area (Å²) < 4.78 is 1.60. The number of hydrogen-bond donors (Lipinski definition) is 0. The molecule has 0 aliphatic heterocycles. The molecular weight excluding hydrogens is 179 g/mol. The fraction of sp³-hybridized carbons (Fsp3) is 0.333. The van der Waals surface area contributed by atoms with Crippen molar-refractivity contribution in [3.8, 4) is 0 Å². The molecule has 0 unspecified atom stereocenters. The maximum atomic E-state index is 2.36. The Morgan fingerprint density at radius 1 is 1.50 bits per heavy atom. The Kier molecular flexibility index (Phi) is 2.15. The molecule has 0 spiro atoms. The van der Waals surface area contributed by atoms with E-state index < -0.39 is 14.7 Å². The van der Waals surface area contributed by atoms with E-state index in [1.807, 2.05) is 0 Å². The Hall–Kier alpha value is 0.258. The van der Waals surface area contributed by atoms with Gasteiger partial charge in [-0.15, -0.1) is 0 Å². The van der Waals surface area contributed by atoms with Gasteiger partial charge < -0.3 is 0 Å². The third kappa shape index (κ3) is 1.37. The topological polar surface area (TPSA) is 0 Å². The van der Waals surface area contributed by atoms with E-state index in [0.717, 1.165) is 0 Å². The minimum atomic E-state index is -0.528. The van der Waals surface area contributed by atoms with Crippen LogP contribution in [0.15, 0.2) is 16.8 Å². The van der Waals surface area contributed by atoms with Gasteiger partial charge in [0.1, 0.15) is 0 Å². The average Bonchev–Trinajstić information content (AvgIpc) is 2.12. The molecule has 0 aromatic carbocycles. The molecule has 0 aliphatic carbocycles. The Morgan fingerprint density at radius 3 is 2.50 bits per heavy atom. The summed E-state index contributed by atoms with van der Waals surface area (Å²) in [5.41, 5.74) is 4.71. The maximum absolute atomic E-state index is 2.36. The Bertz CT molecular complexity index is 144. The molecular formula is C6H9AsS. The van der Waals surface area contributed by atoms with Gasteiger partial charge in [0, 0.05) is 0 Å². The molecule has 1 heterocycles. The van der Waals surface area contributed by atoms with Crippen LogP contribution in [0, 0.1) is 0 Å². The van der Waals surface area contributed by atoms with E-state index >= 15 is 0 Å². The number of rotatable bonds is 1. The molecule has 1 rings (SSSR count). The molecule has 0 bridgehead atoms. The Balaban J connectivity index is 2.77. The van der Waals surface area contributed by atoms with Crippen molar-refractivity contribution in [3.05, 3.63) is 16.8 Å². The van der Waals surface area contributed by atoms with Crippen molar-refractivity contribution in [3.63, 3.8) is 0 Å². The summed E-state index contributed by atoms with van der Waals surface area (Å²) in [5.74, 6) is 0. The SMILES string of the molecule is C[As](C)c1ccsc1. The van der Waals surface area contributed by atoms with E-state index in [2.05, 4.69) is 28.2 Å². The zero-order chi connectivity index (χ0) is 5.98. The molecule has 1 aromatic heterocycles. The fourth-order valence-corrected chi connectivity index (χ4v) is 3.96. The molecule has 0 aliphatic rings. The molecule has 44 valence electrons. The van der Waals surface area contributed by atoms with Gasteiger partial charge >= 0.3 is 58.6 Å². The quantitative estimate of drug-likeness (QED) is 0.588. The van der Waals surface area contributed by atoms with Crippen molar-refractivity contribution >= 4 is 30.3 Å². The molecule has 0 saturated heterocycles. The molecule has 2 heteroatoms. The summed E-state index contributed by atoms with van der Waals surface area (Å²) in [7, 11) is 0. The van der Waals surface area contributed by atoms with Gasteiger partial charge in [-0.3, -0.25) is 0 Å². The van der Waals surface area contributed by atoms with Crippen molar-refractivity contribution < 1.29 is 0 Å². The molecule has 8 heavy (non-hydrogen) atoms. The van der Waals surface area contributed by atoms with Gasteiger partial charge in [-0.05, 0) is 0 Å². The summed E-state index contributed by atoms with van der Waals surface area (Å²) in [4.78, 5) is 0. The third-order valence-electron chi connectivity index (χ3n) is 1.02. The Morgan fingerprint density at radius 2 is 2.25 bits per heavy atom. The normalized spacial score (nSPS) is 10.4. The van der Waals surface area contributed by atoms with E-state index in [1.165, 1.54) is 0 Å². The first-order chi connectivity index (χ1) is 3.80. The second-order valence-electron chi connectivity index (χ2n) is 1.88. The molecule has 0 amide bonds. The first-order valence-electron chi connectivity index (χ1n) is 2.50. The van der Waals surface area contributed by atoms with Crippen LogP contribution in [0.3, 0.4) is 0 Å². The van der Waals surface area contributed by atoms with Crippen LogP contribution >= 0.6 is 11.3 Å². The van der Waals surface area contributed by atoms with Gasteiger partial charge in [0.15, 0.2) is 0 Å². The zero-order valence-electron chi connectivity index (χ0n) is 5.09. The first kappa shape index (κ1) is 6.38. The minimum absolute atomic E-state index is 0.528. The summed E-state index contributed by atoms with van der Waals surface area (Å²) in [6.07, 6.45) is 0. The second-order valence-corrected chi connectivity index (χ2v) is 7.49. The van der Waals surface area contributed by atoms with Crippen LogP contribution in [0.4, 0.5) is 0 Å². The molecule has 0 fully saturated rings. The van der Waals surface area contributed by atoms with Crippen LogP contribution in [0.25, 0.3) is 0 Å². The second kappa shape index (κ2) is 2.70. The van der Waals surface area contributed by atoms with E-state index in [1.54, 1.807) is 15.7 Å². The molecule has 0 N–H and O–H groups in total. The van der Waals surface area contributed by atoms with Gasteiger partial charge in [-0.25, -0.2) is 0 Å². The van der Waals surface area contributed by atoms with Crippen LogP contribution in [-0.4, -0.2) is 14.7 Å². The van der Waals surface area contributed by atoms with Gasteiger partial charge in [-0.2, -0.15) is 0 Å². The average molecular weight is 188 g/mol. The van der Waals surface area contributed by atoms with Crippen LogP contribution in [0.2, 0.25) is 11.4 Å². The van der Waals surface area contributed by atoms with Gasteiger partial charge in [-0.1, -0.05) is 0 Å². The summed E-state index contributed by atoms with van der Waals surface area (Å²) in [6.45, 7) is 0. The predicted octanol–water partition coefficient (Wildman–Crippen LogP) is 1.71. The molecule has 0 radical (unpaired) electrons. The van der Waals surface area contributed by atoms with E-state index in [4.69, 9.17) is 0 Å². The van der Waals surface area contributed by atoms with Gasteiger partial charge in [0.05, 0.1) is 0 Å². The van der Waals surface area contributed by atoms with E-state index in [-0.39, 0.29) is 0 Å². The van der Waals surface area contributed by atoms with Crippen molar-refractivity contribution in [2.45, 2.75) is 11.4 Å². The molecule has 0 atom stereocenters. The van der Waals surface area contributed by atoms with Crippen molar-refractivity contribution in [1.29, 1.82) is 0 Å². The molecule has 0 nitrogen and oxygen atoms in total. The van der Waals surface area contributed by atoms with Crippen LogP contribution in [0.5, 0.6) is 0 Å². The summed E-state index contributed by atoms with van der Waals surface area (Å²) >= 11 is 1.28. The van der Waals surface area contributed by atoms with Crippen molar-refractivity contribution in [1.82, 2.24) is 0 Å². The van der Waals surface area contributed by atoms with E-state index in [0.29, 0.717) is 0 Å². The standard InChI is InChI=1S/C6H9AsS/c1-7(2)6-3-4-8-5-6/h3-5H,1-2H3. The molecule has 1 aromatic rings. The van der Waals surface area contributed by atoms with Crippen LogP contribution in [0.1, 0.15) is 0 Å². The van der Waals surface area contributed by atoms with Crippen LogP contribution in [-0.2, 0) is 0 Å². The zero-order valence-corrected chi connectivity index (χ0v) is 7.78. The van der Waals surface area contributed by atoms with Crippen molar-refractivity contribution in [2.75, 3.05) is 0 Å². The fourth-order valence-electron chi connectivity index (χ4n) is 0.512. The van der Waals surface area contributed by atoms with Crippen molar-refractivity contribution in [2.24, 2.45) is 0 Å². The van der Waals surface area contributed by atoms with Crippen LogP contribution < -0.4 is 4.35 Å². The first-order valence-corrected chi connectivity index (χ1v) is 8.13. The predicted molar refractivity (Wildman–Crippen MR) is 41.4 cm³/mol. The van der Waals surface area contributed by atoms with Gasteiger partial charge in [0.25, 0.3) is 0 Å². The molecule has 0 saturated carbocycles. The van der Waals surface area contributed by atoms with E-state index in [9.17, 15) is 0 Å². The summed E-state index contributed by atoms with van der Waals surface area (Å²) in [6, 6.07) is 2.24. The third-order valence-corrected chi connectivity index (χ3v) is 4.84. The number of thiophene rings is 1. The monoisotopic (exact) mass is 188 g/mol. The number of hydrogen-bond acceptors (Lipinski definition) is 1. The summed E-state index contributed by atoms with van der Waals surface area (Å²) in [5, 5.41) is 4.42. The van der Waals surface area contributed by atoms with Gasteiger partial charge in [0.2, 0.25) is 0 Å².